The van der Waals surface area contributed by atoms with Gasteiger partial charge >= 0.3 is 12.1 Å². The maximum absolute atomic E-state index is 12.0. The summed E-state index contributed by atoms with van der Waals surface area (Å²) in [5.41, 5.74) is 2.49. The molecule has 0 spiro atoms. The molecule has 0 heterocycles. The molecule has 0 radical (unpaired) electrons. The van der Waals surface area contributed by atoms with Crippen molar-refractivity contribution in [3.05, 3.63) is 71.3 Å². The molecule has 0 saturated carbocycles. The second kappa shape index (κ2) is 12.6. The quantitative estimate of drug-likeness (QED) is 0.477. The molecule has 2 amide bonds. The van der Waals surface area contributed by atoms with Crippen LogP contribution in [0, 0.1) is 11.3 Å². The van der Waals surface area contributed by atoms with Gasteiger partial charge in [0, 0.05) is 6.54 Å². The SMILES string of the molecule is N#Cc1ccc(CCCCNC(=O)CC(NC(=O)OCc2ccccc2)C(=O)O)cc1. The molecule has 162 valence electrons. The second-order valence-electron chi connectivity index (χ2n) is 6.92. The van der Waals surface area contributed by atoms with Crippen molar-refractivity contribution >= 4 is 18.0 Å². The number of carboxylic acid groups (broad SMARTS) is 1. The number of nitrogens with zero attached hydrogens (tertiary/aromatic N) is 1. The lowest BCUT2D eigenvalue weighted by Gasteiger charge is -2.14. The number of nitrogens with one attached hydrogen (secondary N) is 2. The number of alkyl carbamates (subject to hydrolysis) is 1. The Balaban J connectivity index is 1.65. The summed E-state index contributed by atoms with van der Waals surface area (Å²) < 4.78 is 5.00. The number of hydrogen-bond donors (Lipinski definition) is 3. The van der Waals surface area contributed by atoms with Crippen LogP contribution in [0.5, 0.6) is 0 Å². The molecule has 0 aromatic heterocycles. The Labute approximate surface area is 180 Å². The lowest BCUT2D eigenvalue weighted by Crippen LogP contribution is -2.44. The van der Waals surface area contributed by atoms with Crippen molar-refractivity contribution < 1.29 is 24.2 Å². The van der Waals surface area contributed by atoms with Gasteiger partial charge in [0.05, 0.1) is 18.1 Å². The van der Waals surface area contributed by atoms with Gasteiger partial charge < -0.3 is 20.5 Å². The molecule has 0 aliphatic carbocycles. The Bertz CT molecular complexity index is 907. The third-order valence-electron chi connectivity index (χ3n) is 4.49. The molecule has 2 rings (SSSR count). The average Bonchev–Trinajstić information content (AvgIpc) is 2.78. The van der Waals surface area contributed by atoms with Gasteiger partial charge in [-0.05, 0) is 42.5 Å². The minimum absolute atomic E-state index is 0.00441. The summed E-state index contributed by atoms with van der Waals surface area (Å²) in [7, 11) is 0. The van der Waals surface area contributed by atoms with Crippen molar-refractivity contribution in [1.29, 1.82) is 5.26 Å². The van der Waals surface area contributed by atoms with Gasteiger partial charge in [-0.1, -0.05) is 42.5 Å². The normalized spacial score (nSPS) is 11.1. The van der Waals surface area contributed by atoms with Crippen LogP contribution in [0.1, 0.15) is 36.0 Å². The molecule has 2 aromatic rings. The summed E-state index contributed by atoms with van der Waals surface area (Å²) in [5.74, 6) is -1.78. The van der Waals surface area contributed by atoms with Crippen LogP contribution in [0.15, 0.2) is 54.6 Å². The largest absolute Gasteiger partial charge is 0.480 e. The number of hydrogen-bond acceptors (Lipinski definition) is 5. The predicted molar refractivity (Wildman–Crippen MR) is 113 cm³/mol. The van der Waals surface area contributed by atoms with E-state index in [9.17, 15) is 19.5 Å². The number of aliphatic carboxylic acids is 1. The molecule has 0 fully saturated rings. The lowest BCUT2D eigenvalue weighted by atomic mass is 10.1. The molecule has 8 nitrogen and oxygen atoms in total. The Morgan fingerprint density at radius 2 is 1.71 bits per heavy atom. The number of carbonyl (C=O) groups excluding carboxylic acids is 2. The van der Waals surface area contributed by atoms with Gasteiger partial charge in [0.1, 0.15) is 12.6 Å². The van der Waals surface area contributed by atoms with Gasteiger partial charge in [0.15, 0.2) is 0 Å². The number of aryl methyl sites for hydroxylation is 1. The summed E-state index contributed by atoms with van der Waals surface area (Å²) in [5, 5.41) is 22.9. The lowest BCUT2D eigenvalue weighted by molar-refractivity contribution is -0.141. The Kier molecular flexibility index (Phi) is 9.56. The molecular formula is C23H25N3O5. The van der Waals surface area contributed by atoms with Gasteiger partial charge in [0.2, 0.25) is 5.91 Å². The van der Waals surface area contributed by atoms with E-state index in [-0.39, 0.29) is 13.0 Å². The highest BCUT2D eigenvalue weighted by atomic mass is 16.5. The van der Waals surface area contributed by atoms with E-state index >= 15 is 0 Å². The van der Waals surface area contributed by atoms with Gasteiger partial charge in [-0.25, -0.2) is 9.59 Å². The molecule has 0 aliphatic heterocycles. The molecule has 0 aliphatic rings. The average molecular weight is 423 g/mol. The minimum atomic E-state index is -1.37. The summed E-state index contributed by atoms with van der Waals surface area (Å²) in [6.45, 7) is 0.407. The molecule has 8 heteroatoms. The van der Waals surface area contributed by atoms with Gasteiger partial charge in [-0.15, -0.1) is 0 Å². The fourth-order valence-electron chi connectivity index (χ4n) is 2.79. The van der Waals surface area contributed by atoms with Crippen LogP contribution < -0.4 is 10.6 Å². The van der Waals surface area contributed by atoms with Crippen LogP contribution in [-0.2, 0) is 27.4 Å². The zero-order chi connectivity index (χ0) is 22.5. The third-order valence-corrected chi connectivity index (χ3v) is 4.49. The molecule has 1 atom stereocenters. The van der Waals surface area contributed by atoms with E-state index in [2.05, 4.69) is 16.7 Å². The molecule has 2 aromatic carbocycles. The third kappa shape index (κ3) is 9.00. The first kappa shape index (κ1) is 23.4. The van der Waals surface area contributed by atoms with Crippen molar-refractivity contribution in [3.63, 3.8) is 0 Å². The minimum Gasteiger partial charge on any atom is -0.480 e. The number of amides is 2. The van der Waals surface area contributed by atoms with Crippen molar-refractivity contribution in [2.45, 2.75) is 38.3 Å². The zero-order valence-electron chi connectivity index (χ0n) is 17.0. The van der Waals surface area contributed by atoms with Crippen molar-refractivity contribution in [3.8, 4) is 6.07 Å². The van der Waals surface area contributed by atoms with Gasteiger partial charge in [-0.2, -0.15) is 5.26 Å². The topological polar surface area (TPSA) is 129 Å². The number of unbranched alkanes of at least 4 members (excludes halogenated alkanes) is 1. The van der Waals surface area contributed by atoms with Crippen LogP contribution in [0.3, 0.4) is 0 Å². The fourth-order valence-corrected chi connectivity index (χ4v) is 2.79. The number of rotatable bonds is 11. The van der Waals surface area contributed by atoms with E-state index in [1.807, 2.05) is 18.2 Å². The monoisotopic (exact) mass is 423 g/mol. The van der Waals surface area contributed by atoms with Crippen LogP contribution in [0.4, 0.5) is 4.79 Å². The van der Waals surface area contributed by atoms with Gasteiger partial charge in [0.25, 0.3) is 0 Å². The maximum Gasteiger partial charge on any atom is 0.408 e. The zero-order valence-corrected chi connectivity index (χ0v) is 17.0. The number of carbonyl (C=O) groups is 3. The standard InChI is InChI=1S/C23H25N3O5/c24-15-18-11-9-17(10-12-18)6-4-5-13-25-21(27)14-20(22(28)29)26-23(30)31-16-19-7-2-1-3-8-19/h1-3,7-12,20H,4-6,13-14,16H2,(H,25,27)(H,26,30)(H,28,29). The second-order valence-corrected chi connectivity index (χ2v) is 6.92. The van der Waals surface area contributed by atoms with E-state index in [0.717, 1.165) is 30.4 Å². The summed E-state index contributed by atoms with van der Waals surface area (Å²) >= 11 is 0. The Morgan fingerprint density at radius 1 is 1.00 bits per heavy atom. The van der Waals surface area contributed by atoms with E-state index in [1.165, 1.54) is 0 Å². The summed E-state index contributed by atoms with van der Waals surface area (Å²) in [4.78, 5) is 35.2. The van der Waals surface area contributed by atoms with E-state index < -0.39 is 24.0 Å². The summed E-state index contributed by atoms with van der Waals surface area (Å²) in [6, 6.07) is 17.0. The van der Waals surface area contributed by atoms with Gasteiger partial charge in [-0.3, -0.25) is 4.79 Å². The summed E-state index contributed by atoms with van der Waals surface area (Å²) in [6.07, 6.45) is 1.08. The smallest absolute Gasteiger partial charge is 0.408 e. The molecule has 3 N–H and O–H groups in total. The Morgan fingerprint density at radius 3 is 2.35 bits per heavy atom. The van der Waals surface area contributed by atoms with Crippen LogP contribution in [0.2, 0.25) is 0 Å². The number of ether oxygens (including phenoxy) is 1. The highest BCUT2D eigenvalue weighted by Crippen LogP contribution is 2.07. The van der Waals surface area contributed by atoms with E-state index in [0.29, 0.717) is 12.1 Å². The number of benzene rings is 2. The molecular weight excluding hydrogens is 398 g/mol. The van der Waals surface area contributed by atoms with Crippen LogP contribution in [0.25, 0.3) is 0 Å². The van der Waals surface area contributed by atoms with Crippen molar-refractivity contribution in [1.82, 2.24) is 10.6 Å². The maximum atomic E-state index is 12.0. The molecule has 0 saturated heterocycles. The predicted octanol–water partition coefficient (Wildman–Crippen LogP) is 2.77. The van der Waals surface area contributed by atoms with Crippen LogP contribution >= 0.6 is 0 Å². The molecule has 31 heavy (non-hydrogen) atoms. The first-order valence-corrected chi connectivity index (χ1v) is 9.93. The molecule has 0 bridgehead atoms. The first-order valence-electron chi connectivity index (χ1n) is 9.93. The highest BCUT2D eigenvalue weighted by Gasteiger charge is 2.23. The first-order chi connectivity index (χ1) is 15.0. The van der Waals surface area contributed by atoms with E-state index in [1.54, 1.807) is 36.4 Å². The van der Waals surface area contributed by atoms with Crippen molar-refractivity contribution in [2.75, 3.05) is 6.54 Å². The molecule has 1 unspecified atom stereocenters. The van der Waals surface area contributed by atoms with Crippen molar-refractivity contribution in [2.24, 2.45) is 0 Å². The highest BCUT2D eigenvalue weighted by molar-refractivity contribution is 5.87. The van der Waals surface area contributed by atoms with Crippen LogP contribution in [-0.4, -0.2) is 35.7 Å². The van der Waals surface area contributed by atoms with E-state index in [4.69, 9.17) is 10.00 Å². The number of nitriles is 1. The fraction of sp³-hybridized carbons (Fsp3) is 0.304. The number of carboxylic acids is 1. The Hall–Kier alpha value is -3.86.